The molecular formula is C12H11ClN2O2. The van der Waals surface area contributed by atoms with E-state index < -0.39 is 5.97 Å². The number of carboxylic acids is 1. The molecule has 0 bridgehead atoms. The van der Waals surface area contributed by atoms with Gasteiger partial charge in [0, 0.05) is 0 Å². The topological polar surface area (TPSA) is 66.0 Å². The zero-order valence-corrected chi connectivity index (χ0v) is 9.95. The van der Waals surface area contributed by atoms with Gasteiger partial charge in [0.1, 0.15) is 0 Å². The SMILES string of the molecule is CCc1ccc(-c2c(Cl)n[nH]c2C(=O)O)cc1. The van der Waals surface area contributed by atoms with Crippen LogP contribution in [-0.4, -0.2) is 21.3 Å². The van der Waals surface area contributed by atoms with Crippen molar-refractivity contribution in [2.75, 3.05) is 0 Å². The Balaban J connectivity index is 2.51. The fourth-order valence-electron chi connectivity index (χ4n) is 1.65. The average molecular weight is 251 g/mol. The molecule has 2 N–H and O–H groups in total. The van der Waals surface area contributed by atoms with Gasteiger partial charge in [-0.25, -0.2) is 4.79 Å². The van der Waals surface area contributed by atoms with Crippen LogP contribution in [0, 0.1) is 0 Å². The third-order valence-electron chi connectivity index (χ3n) is 2.59. The van der Waals surface area contributed by atoms with Gasteiger partial charge in [-0.1, -0.05) is 42.8 Å². The maximum atomic E-state index is 11.0. The molecule has 0 aliphatic carbocycles. The van der Waals surface area contributed by atoms with E-state index >= 15 is 0 Å². The molecule has 0 aliphatic rings. The van der Waals surface area contributed by atoms with Crippen LogP contribution in [0.2, 0.25) is 5.15 Å². The number of nitrogens with zero attached hydrogens (tertiary/aromatic N) is 1. The van der Waals surface area contributed by atoms with Crippen molar-refractivity contribution < 1.29 is 9.90 Å². The number of aromatic amines is 1. The van der Waals surface area contributed by atoms with Gasteiger partial charge in [0.15, 0.2) is 10.8 Å². The molecule has 0 atom stereocenters. The summed E-state index contributed by atoms with van der Waals surface area (Å²) in [4.78, 5) is 11.0. The number of aryl methyl sites for hydroxylation is 1. The molecule has 4 nitrogen and oxygen atoms in total. The predicted octanol–water partition coefficient (Wildman–Crippen LogP) is 2.99. The van der Waals surface area contributed by atoms with Gasteiger partial charge < -0.3 is 5.11 Å². The standard InChI is InChI=1S/C12H11ClN2O2/c1-2-7-3-5-8(6-4-7)9-10(12(16)17)14-15-11(9)13/h3-6H,2H2,1H3,(H,14,15)(H,16,17). The molecule has 17 heavy (non-hydrogen) atoms. The van der Waals surface area contributed by atoms with Gasteiger partial charge in [0.25, 0.3) is 0 Å². The summed E-state index contributed by atoms with van der Waals surface area (Å²) >= 11 is 5.89. The highest BCUT2D eigenvalue weighted by Gasteiger charge is 2.18. The first-order valence-corrected chi connectivity index (χ1v) is 5.57. The molecule has 0 radical (unpaired) electrons. The van der Waals surface area contributed by atoms with Crippen molar-refractivity contribution in [2.45, 2.75) is 13.3 Å². The molecule has 1 aromatic heterocycles. The van der Waals surface area contributed by atoms with E-state index in [1.54, 1.807) is 0 Å². The Morgan fingerprint density at radius 1 is 1.41 bits per heavy atom. The van der Waals surface area contributed by atoms with Crippen LogP contribution in [-0.2, 0) is 6.42 Å². The third-order valence-corrected chi connectivity index (χ3v) is 2.86. The number of aromatic nitrogens is 2. The fourth-order valence-corrected chi connectivity index (χ4v) is 1.89. The summed E-state index contributed by atoms with van der Waals surface area (Å²) in [6, 6.07) is 7.60. The van der Waals surface area contributed by atoms with Crippen molar-refractivity contribution in [2.24, 2.45) is 0 Å². The number of benzene rings is 1. The van der Waals surface area contributed by atoms with Crippen LogP contribution in [0.15, 0.2) is 24.3 Å². The second kappa shape index (κ2) is 4.59. The second-order valence-corrected chi connectivity index (χ2v) is 3.98. The van der Waals surface area contributed by atoms with E-state index in [2.05, 4.69) is 17.1 Å². The highest BCUT2D eigenvalue weighted by atomic mass is 35.5. The summed E-state index contributed by atoms with van der Waals surface area (Å²) in [5.41, 5.74) is 2.38. The Labute approximate surface area is 103 Å². The molecule has 0 spiro atoms. The van der Waals surface area contributed by atoms with Crippen LogP contribution in [0.3, 0.4) is 0 Å². The Kier molecular flexibility index (Phi) is 3.15. The lowest BCUT2D eigenvalue weighted by Gasteiger charge is -2.02. The van der Waals surface area contributed by atoms with E-state index in [4.69, 9.17) is 16.7 Å². The van der Waals surface area contributed by atoms with Crippen molar-refractivity contribution >= 4 is 17.6 Å². The van der Waals surface area contributed by atoms with E-state index in [-0.39, 0.29) is 10.8 Å². The van der Waals surface area contributed by atoms with Crippen LogP contribution in [0.25, 0.3) is 11.1 Å². The number of aromatic carboxylic acids is 1. The molecule has 0 fully saturated rings. The second-order valence-electron chi connectivity index (χ2n) is 3.62. The number of carboxylic acid groups (broad SMARTS) is 1. The molecule has 0 saturated heterocycles. The molecule has 1 aromatic carbocycles. The molecule has 0 amide bonds. The summed E-state index contributed by atoms with van der Waals surface area (Å²) in [6.07, 6.45) is 0.936. The van der Waals surface area contributed by atoms with Gasteiger partial charge in [-0.15, -0.1) is 0 Å². The van der Waals surface area contributed by atoms with E-state index in [0.717, 1.165) is 12.0 Å². The van der Waals surface area contributed by atoms with E-state index in [1.807, 2.05) is 24.3 Å². The van der Waals surface area contributed by atoms with Crippen LogP contribution in [0.5, 0.6) is 0 Å². The smallest absolute Gasteiger partial charge is 0.354 e. The van der Waals surface area contributed by atoms with Gasteiger partial charge in [-0.2, -0.15) is 5.10 Å². The van der Waals surface area contributed by atoms with Gasteiger partial charge in [-0.3, -0.25) is 5.10 Å². The first-order valence-electron chi connectivity index (χ1n) is 5.20. The third kappa shape index (κ3) is 2.17. The van der Waals surface area contributed by atoms with Crippen molar-refractivity contribution in [1.29, 1.82) is 0 Å². The Morgan fingerprint density at radius 2 is 2.06 bits per heavy atom. The minimum atomic E-state index is -1.07. The lowest BCUT2D eigenvalue weighted by atomic mass is 10.0. The first kappa shape index (κ1) is 11.7. The zero-order chi connectivity index (χ0) is 12.4. The van der Waals surface area contributed by atoms with Crippen molar-refractivity contribution in [3.63, 3.8) is 0 Å². The zero-order valence-electron chi connectivity index (χ0n) is 9.20. The largest absolute Gasteiger partial charge is 0.477 e. The molecule has 0 saturated carbocycles. The highest BCUT2D eigenvalue weighted by molar-refractivity contribution is 6.32. The number of nitrogens with one attached hydrogen (secondary N) is 1. The number of hydrogen-bond donors (Lipinski definition) is 2. The Hall–Kier alpha value is -1.81. The number of H-pyrrole nitrogens is 1. The van der Waals surface area contributed by atoms with Gasteiger partial charge in [-0.05, 0) is 17.5 Å². The molecule has 0 unspecified atom stereocenters. The van der Waals surface area contributed by atoms with Crippen LogP contribution in [0.4, 0.5) is 0 Å². The normalized spacial score (nSPS) is 10.5. The van der Waals surface area contributed by atoms with Gasteiger partial charge >= 0.3 is 5.97 Å². The van der Waals surface area contributed by atoms with Crippen LogP contribution < -0.4 is 0 Å². The predicted molar refractivity (Wildman–Crippen MR) is 65.4 cm³/mol. The highest BCUT2D eigenvalue weighted by Crippen LogP contribution is 2.29. The Morgan fingerprint density at radius 3 is 2.59 bits per heavy atom. The van der Waals surface area contributed by atoms with E-state index in [1.165, 1.54) is 5.56 Å². The summed E-state index contributed by atoms with van der Waals surface area (Å²) in [7, 11) is 0. The lowest BCUT2D eigenvalue weighted by molar-refractivity contribution is 0.0691. The van der Waals surface area contributed by atoms with Gasteiger partial charge in [0.2, 0.25) is 0 Å². The van der Waals surface area contributed by atoms with E-state index in [0.29, 0.717) is 5.56 Å². The number of hydrogen-bond acceptors (Lipinski definition) is 2. The summed E-state index contributed by atoms with van der Waals surface area (Å²) in [6.45, 7) is 2.06. The quantitative estimate of drug-likeness (QED) is 0.880. The Bertz CT molecular complexity index is 546. The summed E-state index contributed by atoms with van der Waals surface area (Å²) in [5, 5.41) is 15.3. The molecule has 88 valence electrons. The molecular weight excluding hydrogens is 240 g/mol. The lowest BCUT2D eigenvalue weighted by Crippen LogP contribution is -1.99. The number of halogens is 1. The molecule has 5 heteroatoms. The maximum absolute atomic E-state index is 11.0. The first-order chi connectivity index (χ1) is 8.13. The van der Waals surface area contributed by atoms with Crippen molar-refractivity contribution in [3.8, 4) is 11.1 Å². The number of rotatable bonds is 3. The van der Waals surface area contributed by atoms with Crippen LogP contribution >= 0.6 is 11.6 Å². The number of carbonyl (C=O) groups is 1. The molecule has 2 aromatic rings. The average Bonchev–Trinajstić information content (AvgIpc) is 2.71. The molecule has 1 heterocycles. The summed E-state index contributed by atoms with van der Waals surface area (Å²) < 4.78 is 0. The fraction of sp³-hybridized carbons (Fsp3) is 0.167. The van der Waals surface area contributed by atoms with Crippen LogP contribution in [0.1, 0.15) is 23.0 Å². The van der Waals surface area contributed by atoms with E-state index in [9.17, 15) is 4.79 Å². The monoisotopic (exact) mass is 250 g/mol. The minimum absolute atomic E-state index is 0.0132. The molecule has 0 aliphatic heterocycles. The van der Waals surface area contributed by atoms with Crippen molar-refractivity contribution in [1.82, 2.24) is 10.2 Å². The minimum Gasteiger partial charge on any atom is -0.477 e. The molecule has 2 rings (SSSR count). The summed E-state index contributed by atoms with van der Waals surface area (Å²) in [5.74, 6) is -1.07. The maximum Gasteiger partial charge on any atom is 0.354 e. The van der Waals surface area contributed by atoms with Crippen molar-refractivity contribution in [3.05, 3.63) is 40.7 Å². The van der Waals surface area contributed by atoms with Gasteiger partial charge in [0.05, 0.1) is 5.56 Å².